The Hall–Kier alpha value is -2.45. The minimum atomic E-state index is -0.212. The van der Waals surface area contributed by atoms with Crippen molar-refractivity contribution in [3.63, 3.8) is 0 Å². The van der Waals surface area contributed by atoms with E-state index < -0.39 is 0 Å². The second-order valence-electron chi connectivity index (χ2n) is 7.12. The van der Waals surface area contributed by atoms with Crippen LogP contribution in [-0.2, 0) is 6.54 Å². The second-order valence-corrected chi connectivity index (χ2v) is 7.12. The number of rotatable bonds is 9. The molecule has 1 fully saturated rings. The van der Waals surface area contributed by atoms with Crippen LogP contribution < -0.4 is 10.2 Å². The van der Waals surface area contributed by atoms with Gasteiger partial charge < -0.3 is 19.5 Å². The molecule has 0 spiro atoms. The minimum Gasteiger partial charge on any atom is -0.447 e. The summed E-state index contributed by atoms with van der Waals surface area (Å²) < 4.78 is 19.4. The van der Waals surface area contributed by atoms with Gasteiger partial charge in [0.1, 0.15) is 12.1 Å². The third-order valence-electron chi connectivity index (χ3n) is 5.32. The van der Waals surface area contributed by atoms with E-state index in [2.05, 4.69) is 38.8 Å². The Kier molecular flexibility index (Phi) is 7.60. The average molecular weight is 404 g/mol. The number of anilines is 1. The number of para-hydroxylation sites is 1. The number of amides is 1. The highest BCUT2D eigenvalue weighted by Gasteiger charge is 2.21. The molecule has 8 heteroatoms. The highest BCUT2D eigenvalue weighted by molar-refractivity contribution is 5.91. The number of nitrogens with one attached hydrogen (secondary N) is 1. The number of carbonyl (C=O) groups excluding carboxylic acids is 1. The van der Waals surface area contributed by atoms with Crippen molar-refractivity contribution in [3.8, 4) is 0 Å². The van der Waals surface area contributed by atoms with E-state index in [0.29, 0.717) is 30.4 Å². The summed E-state index contributed by atoms with van der Waals surface area (Å²) in [4.78, 5) is 23.1. The van der Waals surface area contributed by atoms with E-state index in [0.717, 1.165) is 45.8 Å². The number of piperazine rings is 1. The van der Waals surface area contributed by atoms with Crippen LogP contribution in [0, 0.1) is 5.82 Å². The van der Waals surface area contributed by atoms with Gasteiger partial charge in [-0.05, 0) is 25.2 Å². The van der Waals surface area contributed by atoms with Crippen LogP contribution in [0.1, 0.15) is 30.2 Å². The van der Waals surface area contributed by atoms with Crippen LogP contribution in [0.15, 0.2) is 34.9 Å². The molecular formula is C21H30FN5O2. The van der Waals surface area contributed by atoms with Gasteiger partial charge in [0.25, 0.3) is 5.91 Å². The van der Waals surface area contributed by atoms with Crippen molar-refractivity contribution in [1.29, 1.82) is 0 Å². The molecule has 0 saturated carbocycles. The Labute approximate surface area is 171 Å². The summed E-state index contributed by atoms with van der Waals surface area (Å²) in [5.41, 5.74) is 0.955. The molecule has 29 heavy (non-hydrogen) atoms. The third-order valence-corrected chi connectivity index (χ3v) is 5.32. The van der Waals surface area contributed by atoms with Crippen molar-refractivity contribution in [2.45, 2.75) is 20.4 Å². The average Bonchev–Trinajstić information content (AvgIpc) is 3.21. The zero-order valence-corrected chi connectivity index (χ0v) is 17.2. The molecule has 2 heterocycles. The van der Waals surface area contributed by atoms with Gasteiger partial charge in [-0.2, -0.15) is 0 Å². The smallest absolute Gasteiger partial charge is 0.273 e. The molecule has 1 aliphatic heterocycles. The number of carbonyl (C=O) groups is 1. The zero-order valence-electron chi connectivity index (χ0n) is 17.2. The maximum atomic E-state index is 13.9. The molecule has 0 atom stereocenters. The molecule has 1 amide bonds. The number of hydrogen-bond acceptors (Lipinski definition) is 6. The molecule has 0 bridgehead atoms. The highest BCUT2D eigenvalue weighted by Crippen LogP contribution is 2.20. The number of nitrogens with zero attached hydrogens (tertiary/aromatic N) is 4. The van der Waals surface area contributed by atoms with Crippen LogP contribution in [0.3, 0.4) is 0 Å². The van der Waals surface area contributed by atoms with Gasteiger partial charge >= 0.3 is 0 Å². The monoisotopic (exact) mass is 403 g/mol. The van der Waals surface area contributed by atoms with Crippen LogP contribution in [0.5, 0.6) is 0 Å². The molecule has 3 rings (SSSR count). The summed E-state index contributed by atoms with van der Waals surface area (Å²) >= 11 is 0. The largest absolute Gasteiger partial charge is 0.447 e. The first-order valence-electron chi connectivity index (χ1n) is 10.3. The van der Waals surface area contributed by atoms with Gasteiger partial charge in [-0.1, -0.05) is 26.0 Å². The Bertz CT molecular complexity index is 785. The number of hydrogen-bond donors (Lipinski definition) is 1. The molecule has 1 N–H and O–H groups in total. The third kappa shape index (κ3) is 5.77. The van der Waals surface area contributed by atoms with E-state index in [1.54, 1.807) is 6.07 Å². The van der Waals surface area contributed by atoms with Crippen molar-refractivity contribution in [2.24, 2.45) is 0 Å². The van der Waals surface area contributed by atoms with Gasteiger partial charge in [0.15, 0.2) is 5.69 Å². The summed E-state index contributed by atoms with van der Waals surface area (Å²) in [6.07, 6.45) is 1.41. The van der Waals surface area contributed by atoms with Crippen molar-refractivity contribution >= 4 is 11.6 Å². The van der Waals surface area contributed by atoms with Crippen LogP contribution in [-0.4, -0.2) is 73.0 Å². The Morgan fingerprint density at radius 1 is 1.21 bits per heavy atom. The van der Waals surface area contributed by atoms with E-state index in [-0.39, 0.29) is 11.7 Å². The lowest BCUT2D eigenvalue weighted by Gasteiger charge is -2.35. The molecule has 0 radical (unpaired) electrons. The first kappa shape index (κ1) is 21.3. The molecule has 0 unspecified atom stereocenters. The highest BCUT2D eigenvalue weighted by atomic mass is 19.1. The lowest BCUT2D eigenvalue weighted by molar-refractivity contribution is 0.0944. The summed E-state index contributed by atoms with van der Waals surface area (Å²) in [6.45, 7) is 11.1. The Balaban J connectivity index is 1.45. The number of halogens is 1. The molecule has 1 aromatic heterocycles. The fourth-order valence-electron chi connectivity index (χ4n) is 3.49. The zero-order chi connectivity index (χ0) is 20.6. The minimum absolute atomic E-state index is 0.190. The van der Waals surface area contributed by atoms with Crippen molar-refractivity contribution in [2.75, 3.05) is 57.3 Å². The quantitative estimate of drug-likeness (QED) is 0.693. The molecule has 1 aromatic carbocycles. The van der Waals surface area contributed by atoms with Crippen molar-refractivity contribution in [1.82, 2.24) is 20.1 Å². The fourth-order valence-corrected chi connectivity index (χ4v) is 3.49. The maximum absolute atomic E-state index is 13.9. The van der Waals surface area contributed by atoms with Gasteiger partial charge in [-0.3, -0.25) is 9.69 Å². The SMILES string of the molecule is CCN(CC)CCNC(=O)c1coc(CN2CCN(c3ccccc3F)CC2)n1. The Morgan fingerprint density at radius 2 is 1.93 bits per heavy atom. The predicted octanol–water partition coefficient (Wildman–Crippen LogP) is 2.21. The van der Waals surface area contributed by atoms with Crippen LogP contribution in [0.2, 0.25) is 0 Å². The summed E-state index contributed by atoms with van der Waals surface area (Å²) in [5.74, 6) is 0.125. The first-order chi connectivity index (χ1) is 14.1. The van der Waals surface area contributed by atoms with Gasteiger partial charge in [0.05, 0.1) is 12.2 Å². The molecule has 2 aromatic rings. The van der Waals surface area contributed by atoms with Gasteiger partial charge in [0, 0.05) is 39.3 Å². The second kappa shape index (κ2) is 10.4. The molecule has 1 saturated heterocycles. The van der Waals surface area contributed by atoms with E-state index in [4.69, 9.17) is 4.42 Å². The van der Waals surface area contributed by atoms with Crippen LogP contribution >= 0.6 is 0 Å². The molecular weight excluding hydrogens is 373 g/mol. The summed E-state index contributed by atoms with van der Waals surface area (Å²) in [6, 6.07) is 6.86. The Morgan fingerprint density at radius 3 is 2.62 bits per heavy atom. The van der Waals surface area contributed by atoms with Gasteiger partial charge in [-0.25, -0.2) is 9.37 Å². The summed E-state index contributed by atoms with van der Waals surface area (Å²) in [5, 5.41) is 2.89. The van der Waals surface area contributed by atoms with Crippen molar-refractivity contribution < 1.29 is 13.6 Å². The number of likely N-dealkylation sites (N-methyl/N-ethyl adjacent to an activating group) is 1. The number of oxazole rings is 1. The van der Waals surface area contributed by atoms with E-state index in [9.17, 15) is 9.18 Å². The topological polar surface area (TPSA) is 64.9 Å². The molecule has 0 aliphatic carbocycles. The standard InChI is InChI=1S/C21H30FN5O2/c1-3-25(4-2)10-9-23-21(28)18-16-29-20(24-18)15-26-11-13-27(14-12-26)19-8-6-5-7-17(19)22/h5-8,16H,3-4,9-15H2,1-2H3,(H,23,28). The van der Waals surface area contributed by atoms with E-state index in [1.807, 2.05) is 12.1 Å². The van der Waals surface area contributed by atoms with Crippen LogP contribution in [0.25, 0.3) is 0 Å². The van der Waals surface area contributed by atoms with Gasteiger partial charge in [0.2, 0.25) is 5.89 Å². The predicted molar refractivity (Wildman–Crippen MR) is 111 cm³/mol. The molecule has 158 valence electrons. The van der Waals surface area contributed by atoms with Gasteiger partial charge in [-0.15, -0.1) is 0 Å². The molecule has 7 nitrogen and oxygen atoms in total. The lowest BCUT2D eigenvalue weighted by Crippen LogP contribution is -2.46. The molecule has 1 aliphatic rings. The van der Waals surface area contributed by atoms with E-state index in [1.165, 1.54) is 12.3 Å². The first-order valence-corrected chi connectivity index (χ1v) is 10.3. The fraction of sp³-hybridized carbons (Fsp3) is 0.524. The lowest BCUT2D eigenvalue weighted by atomic mass is 10.2. The van der Waals surface area contributed by atoms with Crippen LogP contribution in [0.4, 0.5) is 10.1 Å². The normalized spacial score (nSPS) is 15.1. The maximum Gasteiger partial charge on any atom is 0.273 e. The van der Waals surface area contributed by atoms with E-state index >= 15 is 0 Å². The summed E-state index contributed by atoms with van der Waals surface area (Å²) in [7, 11) is 0. The number of aromatic nitrogens is 1. The number of benzene rings is 1. The van der Waals surface area contributed by atoms with Crippen molar-refractivity contribution in [3.05, 3.63) is 47.9 Å².